The molecular formula is C18H26N2O. The number of rotatable bonds is 1. The number of nitrogens with one attached hydrogen (secondary N) is 1. The molecule has 0 bridgehead atoms. The van der Waals surface area contributed by atoms with Crippen LogP contribution in [0.4, 0.5) is 0 Å². The molecule has 114 valence electrons. The van der Waals surface area contributed by atoms with Gasteiger partial charge in [-0.2, -0.15) is 0 Å². The van der Waals surface area contributed by atoms with Crippen molar-refractivity contribution in [3.8, 4) is 0 Å². The van der Waals surface area contributed by atoms with Gasteiger partial charge in [-0.05, 0) is 58.2 Å². The maximum atomic E-state index is 12.8. The third kappa shape index (κ3) is 3.13. The number of nitrogens with zero attached hydrogens (tertiary/aromatic N) is 1. The van der Waals surface area contributed by atoms with Gasteiger partial charge in [-0.3, -0.25) is 4.79 Å². The van der Waals surface area contributed by atoms with Crippen molar-refractivity contribution in [3.05, 3.63) is 34.9 Å². The van der Waals surface area contributed by atoms with Crippen molar-refractivity contribution in [2.75, 3.05) is 26.2 Å². The highest BCUT2D eigenvalue weighted by Gasteiger charge is 2.38. The van der Waals surface area contributed by atoms with Gasteiger partial charge in [0.15, 0.2) is 0 Å². The van der Waals surface area contributed by atoms with Crippen LogP contribution in [-0.2, 0) is 0 Å². The van der Waals surface area contributed by atoms with Crippen LogP contribution in [0.2, 0.25) is 0 Å². The zero-order chi connectivity index (χ0) is 14.9. The third-order valence-corrected chi connectivity index (χ3v) is 4.98. The van der Waals surface area contributed by atoms with Gasteiger partial charge in [-0.25, -0.2) is 0 Å². The number of aryl methyl sites for hydroxylation is 2. The van der Waals surface area contributed by atoms with Crippen LogP contribution in [0.15, 0.2) is 18.2 Å². The second-order valence-corrected chi connectivity index (χ2v) is 6.99. The highest BCUT2D eigenvalue weighted by molar-refractivity contribution is 5.94. The summed E-state index contributed by atoms with van der Waals surface area (Å²) in [5.41, 5.74) is 3.52. The van der Waals surface area contributed by atoms with Gasteiger partial charge in [0.1, 0.15) is 0 Å². The number of hydrogen-bond donors (Lipinski definition) is 1. The fraction of sp³-hybridized carbons (Fsp3) is 0.611. The smallest absolute Gasteiger partial charge is 0.253 e. The van der Waals surface area contributed by atoms with Crippen LogP contribution in [0, 0.1) is 19.3 Å². The SMILES string of the molecule is Cc1cc(C)cc(C(=O)N2CCCC3(CCCNC3)C2)c1. The van der Waals surface area contributed by atoms with Crippen molar-refractivity contribution >= 4 is 5.91 Å². The van der Waals surface area contributed by atoms with Gasteiger partial charge in [0.25, 0.3) is 5.91 Å². The average Bonchev–Trinajstić information content (AvgIpc) is 2.46. The Bertz CT molecular complexity index is 506. The van der Waals surface area contributed by atoms with Gasteiger partial charge >= 0.3 is 0 Å². The summed E-state index contributed by atoms with van der Waals surface area (Å²) in [4.78, 5) is 14.9. The Hall–Kier alpha value is -1.35. The largest absolute Gasteiger partial charge is 0.338 e. The maximum absolute atomic E-state index is 12.8. The molecular weight excluding hydrogens is 260 g/mol. The molecule has 1 N–H and O–H groups in total. The Kier molecular flexibility index (Phi) is 4.03. The predicted octanol–water partition coefficient (Wildman–Crippen LogP) is 2.91. The van der Waals surface area contributed by atoms with E-state index in [1.54, 1.807) is 0 Å². The van der Waals surface area contributed by atoms with Crippen LogP contribution in [0.3, 0.4) is 0 Å². The van der Waals surface area contributed by atoms with E-state index in [1.165, 1.54) is 30.4 Å². The van der Waals surface area contributed by atoms with Gasteiger partial charge in [-0.1, -0.05) is 17.2 Å². The van der Waals surface area contributed by atoms with Crippen molar-refractivity contribution in [1.82, 2.24) is 10.2 Å². The first kappa shape index (κ1) is 14.6. The number of amides is 1. The zero-order valence-electron chi connectivity index (χ0n) is 13.2. The number of carbonyl (C=O) groups excluding carboxylic acids is 1. The summed E-state index contributed by atoms with van der Waals surface area (Å²) in [6.45, 7) is 8.16. The van der Waals surface area contributed by atoms with Gasteiger partial charge in [-0.15, -0.1) is 0 Å². The van der Waals surface area contributed by atoms with Crippen LogP contribution >= 0.6 is 0 Å². The van der Waals surface area contributed by atoms with E-state index in [0.717, 1.165) is 38.2 Å². The van der Waals surface area contributed by atoms with Crippen molar-refractivity contribution in [3.63, 3.8) is 0 Å². The summed E-state index contributed by atoms with van der Waals surface area (Å²) < 4.78 is 0. The molecule has 1 aromatic carbocycles. The molecule has 1 atom stereocenters. The van der Waals surface area contributed by atoms with E-state index in [2.05, 4.69) is 30.1 Å². The molecule has 1 spiro atoms. The minimum Gasteiger partial charge on any atom is -0.338 e. The molecule has 2 saturated heterocycles. The number of benzene rings is 1. The molecule has 0 radical (unpaired) electrons. The summed E-state index contributed by atoms with van der Waals surface area (Å²) in [5.74, 6) is 0.214. The van der Waals surface area contributed by atoms with E-state index in [4.69, 9.17) is 0 Å². The minimum atomic E-state index is 0.214. The lowest BCUT2D eigenvalue weighted by Gasteiger charge is -2.45. The Morgan fingerprint density at radius 3 is 2.52 bits per heavy atom. The Morgan fingerprint density at radius 1 is 1.14 bits per heavy atom. The average molecular weight is 286 g/mol. The first-order valence-corrected chi connectivity index (χ1v) is 8.16. The van der Waals surface area contributed by atoms with Crippen LogP contribution in [0.25, 0.3) is 0 Å². The number of hydrogen-bond acceptors (Lipinski definition) is 2. The molecule has 1 aromatic rings. The van der Waals surface area contributed by atoms with Crippen LogP contribution in [0.5, 0.6) is 0 Å². The summed E-state index contributed by atoms with van der Waals surface area (Å²) >= 11 is 0. The van der Waals surface area contributed by atoms with E-state index in [9.17, 15) is 4.79 Å². The quantitative estimate of drug-likeness (QED) is 0.861. The molecule has 2 aliphatic rings. The monoisotopic (exact) mass is 286 g/mol. The molecule has 2 fully saturated rings. The van der Waals surface area contributed by atoms with Crippen LogP contribution in [0.1, 0.15) is 47.2 Å². The fourth-order valence-electron chi connectivity index (χ4n) is 4.04. The highest BCUT2D eigenvalue weighted by Crippen LogP contribution is 2.36. The van der Waals surface area contributed by atoms with Gasteiger partial charge in [0.05, 0.1) is 0 Å². The number of likely N-dealkylation sites (tertiary alicyclic amines) is 1. The second kappa shape index (κ2) is 5.80. The number of piperidine rings is 2. The van der Waals surface area contributed by atoms with Crippen LogP contribution in [-0.4, -0.2) is 37.0 Å². The van der Waals surface area contributed by atoms with E-state index in [-0.39, 0.29) is 5.91 Å². The summed E-state index contributed by atoms with van der Waals surface area (Å²) in [7, 11) is 0. The number of carbonyl (C=O) groups is 1. The molecule has 3 nitrogen and oxygen atoms in total. The summed E-state index contributed by atoms with van der Waals surface area (Å²) in [5, 5.41) is 3.52. The Balaban J connectivity index is 1.77. The van der Waals surface area contributed by atoms with Crippen molar-refractivity contribution in [2.24, 2.45) is 5.41 Å². The molecule has 3 heteroatoms. The molecule has 0 saturated carbocycles. The standard InChI is InChI=1S/C18H26N2O/c1-14-9-15(2)11-16(10-14)17(21)20-8-4-6-18(13-20)5-3-7-19-12-18/h9-11,19H,3-8,12-13H2,1-2H3. The van der Waals surface area contributed by atoms with Crippen molar-refractivity contribution in [2.45, 2.75) is 39.5 Å². The minimum absolute atomic E-state index is 0.214. The first-order valence-electron chi connectivity index (χ1n) is 8.16. The Morgan fingerprint density at radius 2 is 1.86 bits per heavy atom. The lowest BCUT2D eigenvalue weighted by Crippen LogP contribution is -2.52. The Labute approximate surface area is 127 Å². The molecule has 2 heterocycles. The molecule has 1 unspecified atom stereocenters. The van der Waals surface area contributed by atoms with Gasteiger partial charge < -0.3 is 10.2 Å². The van der Waals surface area contributed by atoms with Gasteiger partial charge in [0, 0.05) is 30.6 Å². The van der Waals surface area contributed by atoms with E-state index in [1.807, 2.05) is 12.1 Å². The molecule has 21 heavy (non-hydrogen) atoms. The van der Waals surface area contributed by atoms with Crippen molar-refractivity contribution < 1.29 is 4.79 Å². The first-order chi connectivity index (χ1) is 10.1. The topological polar surface area (TPSA) is 32.3 Å². The molecule has 1 amide bonds. The third-order valence-electron chi connectivity index (χ3n) is 4.98. The summed E-state index contributed by atoms with van der Waals surface area (Å²) in [6, 6.07) is 6.17. The highest BCUT2D eigenvalue weighted by atomic mass is 16.2. The molecule has 0 aromatic heterocycles. The van der Waals surface area contributed by atoms with Crippen LogP contribution < -0.4 is 5.32 Å². The fourth-order valence-corrected chi connectivity index (χ4v) is 4.04. The van der Waals surface area contributed by atoms with Gasteiger partial charge in [0.2, 0.25) is 0 Å². The normalized spacial score (nSPS) is 26.1. The van der Waals surface area contributed by atoms with Crippen molar-refractivity contribution in [1.29, 1.82) is 0 Å². The van der Waals surface area contributed by atoms with E-state index >= 15 is 0 Å². The van der Waals surface area contributed by atoms with E-state index < -0.39 is 0 Å². The lowest BCUT2D eigenvalue weighted by atomic mass is 9.74. The lowest BCUT2D eigenvalue weighted by molar-refractivity contribution is 0.0434. The molecule has 0 aliphatic carbocycles. The maximum Gasteiger partial charge on any atom is 0.253 e. The molecule has 3 rings (SSSR count). The summed E-state index contributed by atoms with van der Waals surface area (Å²) in [6.07, 6.45) is 4.90. The molecule has 2 aliphatic heterocycles. The predicted molar refractivity (Wildman–Crippen MR) is 85.6 cm³/mol. The van der Waals surface area contributed by atoms with E-state index in [0.29, 0.717) is 5.41 Å². The zero-order valence-corrected chi connectivity index (χ0v) is 13.2. The second-order valence-electron chi connectivity index (χ2n) is 6.99.